The largest absolute Gasteiger partial charge is 0.707 e. The summed E-state index contributed by atoms with van der Waals surface area (Å²) in [5, 5.41) is 24.6. The molecule has 0 heterocycles. The van der Waals surface area contributed by atoms with Gasteiger partial charge >= 0.3 is 7.32 Å². The van der Waals surface area contributed by atoms with Gasteiger partial charge in [-0.2, -0.15) is 0 Å². The van der Waals surface area contributed by atoms with Crippen LogP contribution in [0.4, 0.5) is 0 Å². The summed E-state index contributed by atoms with van der Waals surface area (Å²) in [4.78, 5) is 0. The van der Waals surface area contributed by atoms with Gasteiger partial charge in [-0.25, -0.2) is 0 Å². The van der Waals surface area contributed by atoms with Gasteiger partial charge in [0.2, 0.25) is 0 Å². The van der Waals surface area contributed by atoms with Crippen LogP contribution in [0.3, 0.4) is 0 Å². The predicted molar refractivity (Wildman–Crippen MR) is 89.8 cm³/mol. The summed E-state index contributed by atoms with van der Waals surface area (Å²) in [7, 11) is -1.82. The molecule has 4 aromatic rings. The molecule has 106 valence electrons. The maximum Gasteiger partial charge on any atom is 0.707 e. The topological polar surface area (TPSA) is 49.7 Å². The van der Waals surface area contributed by atoms with E-state index in [4.69, 9.17) is 14.7 Å². The maximum absolute atomic E-state index is 9.05. The van der Waals surface area contributed by atoms with Gasteiger partial charge in [-0.3, -0.25) is 0 Å². The van der Waals surface area contributed by atoms with E-state index in [0.29, 0.717) is 5.75 Å². The van der Waals surface area contributed by atoms with Crippen LogP contribution in [0.25, 0.3) is 32.3 Å². The van der Waals surface area contributed by atoms with Crippen LogP contribution in [0.1, 0.15) is 0 Å². The summed E-state index contributed by atoms with van der Waals surface area (Å²) in [6.45, 7) is 0. The van der Waals surface area contributed by atoms with Gasteiger partial charge in [0.05, 0.1) is 0 Å². The number of rotatable bonds is 2. The van der Waals surface area contributed by atoms with Crippen LogP contribution in [0, 0.1) is 0 Å². The monoisotopic (exact) mass is 288 g/mol. The Kier molecular flexibility index (Phi) is 3.00. The predicted octanol–water partition coefficient (Wildman–Crippen LogP) is 3.49. The summed E-state index contributed by atoms with van der Waals surface area (Å²) >= 11 is 0. The average molecular weight is 288 g/mol. The molecule has 0 aliphatic carbocycles. The van der Waals surface area contributed by atoms with Crippen LogP contribution in [0.2, 0.25) is 0 Å². The van der Waals surface area contributed by atoms with Crippen molar-refractivity contribution in [2.45, 2.75) is 0 Å². The number of hydrogen-bond acceptors (Lipinski definition) is 3. The molecule has 0 aliphatic rings. The minimum Gasteiger partial charge on any atom is -0.512 e. The van der Waals surface area contributed by atoms with Gasteiger partial charge in [0.15, 0.2) is 0 Å². The Hall–Kier alpha value is -2.56. The lowest BCUT2D eigenvalue weighted by Crippen LogP contribution is -2.20. The van der Waals surface area contributed by atoms with Gasteiger partial charge in [0.25, 0.3) is 0 Å². The van der Waals surface area contributed by atoms with Crippen molar-refractivity contribution in [1.82, 2.24) is 0 Å². The maximum atomic E-state index is 9.05. The minimum atomic E-state index is -1.82. The van der Waals surface area contributed by atoms with Crippen molar-refractivity contribution in [3.8, 4) is 5.75 Å². The van der Waals surface area contributed by atoms with Gasteiger partial charge in [-0.1, -0.05) is 36.4 Å². The first kappa shape index (κ1) is 13.1. The second kappa shape index (κ2) is 5.02. The fourth-order valence-corrected chi connectivity index (χ4v) is 2.91. The molecule has 0 fully saturated rings. The lowest BCUT2D eigenvalue weighted by Gasteiger charge is -2.10. The second-order valence-corrected chi connectivity index (χ2v) is 5.32. The molecule has 0 radical (unpaired) electrons. The molecule has 22 heavy (non-hydrogen) atoms. The van der Waals surface area contributed by atoms with Gasteiger partial charge < -0.3 is 14.7 Å². The van der Waals surface area contributed by atoms with Gasteiger partial charge in [-0.05, 0) is 57.3 Å². The standard InChI is InChI=1S/C18H13BO3/c20-19(21)22-18-7-3-6-14-10-15-8-12-4-1-2-5-13(12)9-16(15)11-17(14)18/h1-11,20-21H. The number of fused-ring (bicyclic) bond motifs is 3. The number of benzene rings is 4. The molecule has 3 nitrogen and oxygen atoms in total. The molecule has 0 saturated heterocycles. The third kappa shape index (κ3) is 2.19. The molecule has 0 aromatic heterocycles. The Morgan fingerprint density at radius 2 is 1.23 bits per heavy atom. The summed E-state index contributed by atoms with van der Waals surface area (Å²) in [5.74, 6) is 0.461. The lowest BCUT2D eigenvalue weighted by molar-refractivity contribution is 0.289. The first-order chi connectivity index (χ1) is 10.7. The van der Waals surface area contributed by atoms with Crippen molar-refractivity contribution in [2.24, 2.45) is 0 Å². The Labute approximate surface area is 127 Å². The van der Waals surface area contributed by atoms with Crippen LogP contribution in [0.15, 0.2) is 66.7 Å². The minimum absolute atomic E-state index is 0.461. The highest BCUT2D eigenvalue weighted by molar-refractivity contribution is 6.34. The Balaban J connectivity index is 2.03. The molecule has 4 aromatic carbocycles. The quantitative estimate of drug-likeness (QED) is 0.438. The van der Waals surface area contributed by atoms with E-state index in [0.717, 1.165) is 21.5 Å². The summed E-state index contributed by atoms with van der Waals surface area (Å²) in [6.07, 6.45) is 0. The summed E-state index contributed by atoms with van der Waals surface area (Å²) in [5.41, 5.74) is 0. The van der Waals surface area contributed by atoms with Crippen molar-refractivity contribution < 1.29 is 14.7 Å². The van der Waals surface area contributed by atoms with E-state index in [-0.39, 0.29) is 0 Å². The van der Waals surface area contributed by atoms with Crippen molar-refractivity contribution >= 4 is 39.6 Å². The Morgan fingerprint density at radius 1 is 0.636 bits per heavy atom. The highest BCUT2D eigenvalue weighted by atomic mass is 16.6. The van der Waals surface area contributed by atoms with E-state index in [9.17, 15) is 0 Å². The first-order valence-corrected chi connectivity index (χ1v) is 7.09. The normalized spacial score (nSPS) is 11.2. The van der Waals surface area contributed by atoms with Gasteiger partial charge in [0.1, 0.15) is 5.75 Å². The summed E-state index contributed by atoms with van der Waals surface area (Å²) in [6, 6.07) is 22.2. The molecule has 0 atom stereocenters. The van der Waals surface area contributed by atoms with Crippen molar-refractivity contribution in [2.75, 3.05) is 0 Å². The van der Waals surface area contributed by atoms with Crippen molar-refractivity contribution in [3.05, 3.63) is 66.7 Å². The molecule has 0 saturated carbocycles. The Morgan fingerprint density at radius 3 is 1.91 bits per heavy atom. The van der Waals surface area contributed by atoms with Crippen LogP contribution >= 0.6 is 0 Å². The molecule has 0 amide bonds. The van der Waals surface area contributed by atoms with E-state index in [1.807, 2.05) is 30.3 Å². The van der Waals surface area contributed by atoms with Crippen molar-refractivity contribution in [3.63, 3.8) is 0 Å². The first-order valence-electron chi connectivity index (χ1n) is 7.09. The molecule has 0 bridgehead atoms. The smallest absolute Gasteiger partial charge is 0.512 e. The highest BCUT2D eigenvalue weighted by Gasteiger charge is 2.13. The zero-order valence-electron chi connectivity index (χ0n) is 11.7. The van der Waals surface area contributed by atoms with E-state index in [2.05, 4.69) is 30.3 Å². The van der Waals surface area contributed by atoms with Crippen LogP contribution in [0.5, 0.6) is 5.75 Å². The third-order valence-electron chi connectivity index (χ3n) is 3.89. The average Bonchev–Trinajstić information content (AvgIpc) is 2.51. The SMILES string of the molecule is OB(O)Oc1cccc2cc3cc4ccccc4cc3cc12. The second-order valence-electron chi connectivity index (χ2n) is 5.32. The van der Waals surface area contributed by atoms with Crippen LogP contribution < -0.4 is 4.65 Å². The summed E-state index contributed by atoms with van der Waals surface area (Å²) < 4.78 is 5.07. The van der Waals surface area contributed by atoms with E-state index >= 15 is 0 Å². The van der Waals surface area contributed by atoms with Gasteiger partial charge in [0, 0.05) is 5.39 Å². The zero-order chi connectivity index (χ0) is 15.1. The van der Waals surface area contributed by atoms with Crippen LogP contribution in [-0.2, 0) is 0 Å². The molecule has 4 rings (SSSR count). The molecule has 0 spiro atoms. The zero-order valence-corrected chi connectivity index (χ0v) is 11.7. The van der Waals surface area contributed by atoms with E-state index in [1.54, 1.807) is 6.07 Å². The molecule has 0 unspecified atom stereocenters. The number of hydrogen-bond donors (Lipinski definition) is 2. The molecular weight excluding hydrogens is 275 g/mol. The fourth-order valence-electron chi connectivity index (χ4n) is 2.91. The van der Waals surface area contributed by atoms with E-state index < -0.39 is 7.32 Å². The Bertz CT molecular complexity index is 995. The van der Waals surface area contributed by atoms with E-state index in [1.165, 1.54) is 10.8 Å². The highest BCUT2D eigenvalue weighted by Crippen LogP contribution is 2.32. The third-order valence-corrected chi connectivity index (χ3v) is 3.89. The fraction of sp³-hybridized carbons (Fsp3) is 0. The van der Waals surface area contributed by atoms with Crippen LogP contribution in [-0.4, -0.2) is 17.4 Å². The van der Waals surface area contributed by atoms with Gasteiger partial charge in [-0.15, -0.1) is 0 Å². The molecule has 2 N–H and O–H groups in total. The lowest BCUT2D eigenvalue weighted by atomic mass is 9.99. The molecular formula is C18H13BO3. The molecule has 4 heteroatoms. The van der Waals surface area contributed by atoms with Crippen molar-refractivity contribution in [1.29, 1.82) is 0 Å². The molecule has 0 aliphatic heterocycles.